The molecule has 1 amide bonds. The topological polar surface area (TPSA) is 33.2 Å². The molecule has 1 aromatic rings. The third kappa shape index (κ3) is 3.04. The maximum atomic E-state index is 12.2. The van der Waals surface area contributed by atoms with Crippen LogP contribution in [0.4, 0.5) is 0 Å². The summed E-state index contributed by atoms with van der Waals surface area (Å²) in [6, 6.07) is 1.84. The van der Waals surface area contributed by atoms with E-state index in [4.69, 9.17) is 0 Å². The van der Waals surface area contributed by atoms with Crippen LogP contribution in [0.5, 0.6) is 0 Å². The molecule has 0 saturated heterocycles. The minimum Gasteiger partial charge on any atom is -0.339 e. The van der Waals surface area contributed by atoms with E-state index in [9.17, 15) is 4.79 Å². The van der Waals surface area contributed by atoms with Crippen molar-refractivity contribution in [3.63, 3.8) is 0 Å². The number of rotatable bonds is 4. The second-order valence-electron chi connectivity index (χ2n) is 3.67. The number of nitrogens with zero attached hydrogens (tertiary/aromatic N) is 2. The zero-order valence-corrected chi connectivity index (χ0v) is 11.5. The van der Waals surface area contributed by atoms with E-state index >= 15 is 0 Å². The molecular weight excluding hydrogens is 268 g/mol. The van der Waals surface area contributed by atoms with Crippen LogP contribution in [0.2, 0.25) is 0 Å². The molecule has 0 fully saturated rings. The van der Waals surface area contributed by atoms with E-state index in [2.05, 4.69) is 27.8 Å². The highest BCUT2D eigenvalue weighted by Crippen LogP contribution is 2.15. The lowest BCUT2D eigenvalue weighted by Gasteiger charge is -2.20. The molecular formula is C12H17BrN2O. The minimum atomic E-state index is 0.0654. The van der Waals surface area contributed by atoms with Crippen molar-refractivity contribution in [2.24, 2.45) is 0 Å². The number of aromatic nitrogens is 1. The van der Waals surface area contributed by atoms with Crippen LogP contribution in [0.15, 0.2) is 16.7 Å². The zero-order valence-electron chi connectivity index (χ0n) is 9.96. The van der Waals surface area contributed by atoms with E-state index in [1.807, 2.05) is 24.8 Å². The van der Waals surface area contributed by atoms with Crippen molar-refractivity contribution < 1.29 is 4.79 Å². The molecule has 0 aromatic carbocycles. The van der Waals surface area contributed by atoms with Gasteiger partial charge in [-0.25, -0.2) is 0 Å². The van der Waals surface area contributed by atoms with Crippen LogP contribution >= 0.6 is 15.9 Å². The Kier molecular flexibility index (Phi) is 4.93. The first-order chi connectivity index (χ1) is 7.60. The fraction of sp³-hybridized carbons (Fsp3) is 0.500. The van der Waals surface area contributed by atoms with Gasteiger partial charge in [0.25, 0.3) is 5.91 Å². The van der Waals surface area contributed by atoms with Gasteiger partial charge in [-0.15, -0.1) is 0 Å². The summed E-state index contributed by atoms with van der Waals surface area (Å²) in [7, 11) is 0. The number of hydrogen-bond donors (Lipinski definition) is 0. The first-order valence-corrected chi connectivity index (χ1v) is 6.30. The molecule has 88 valence electrons. The Labute approximate surface area is 105 Å². The lowest BCUT2D eigenvalue weighted by molar-refractivity contribution is 0.0763. The van der Waals surface area contributed by atoms with Crippen molar-refractivity contribution in [1.29, 1.82) is 0 Å². The summed E-state index contributed by atoms with van der Waals surface area (Å²) in [6.45, 7) is 7.45. The third-order valence-electron chi connectivity index (χ3n) is 2.45. The van der Waals surface area contributed by atoms with Crippen LogP contribution in [0.25, 0.3) is 0 Å². The van der Waals surface area contributed by atoms with E-state index in [0.717, 1.165) is 29.7 Å². The van der Waals surface area contributed by atoms with Crippen molar-refractivity contribution in [3.8, 4) is 0 Å². The van der Waals surface area contributed by atoms with Crippen molar-refractivity contribution in [3.05, 3.63) is 28.0 Å². The van der Waals surface area contributed by atoms with E-state index in [1.54, 1.807) is 6.20 Å². The summed E-state index contributed by atoms with van der Waals surface area (Å²) in [4.78, 5) is 18.2. The monoisotopic (exact) mass is 284 g/mol. The molecule has 0 atom stereocenters. The largest absolute Gasteiger partial charge is 0.339 e. The van der Waals surface area contributed by atoms with Crippen LogP contribution in [0, 0.1) is 6.92 Å². The lowest BCUT2D eigenvalue weighted by Crippen LogP contribution is -2.32. The minimum absolute atomic E-state index is 0.0654. The van der Waals surface area contributed by atoms with Crippen molar-refractivity contribution in [2.75, 3.05) is 13.1 Å². The average Bonchev–Trinajstić information content (AvgIpc) is 2.28. The lowest BCUT2D eigenvalue weighted by atomic mass is 10.2. The molecule has 4 heteroatoms. The quantitative estimate of drug-likeness (QED) is 0.852. The summed E-state index contributed by atoms with van der Waals surface area (Å²) in [5.74, 6) is 0.0654. The van der Waals surface area contributed by atoms with Crippen molar-refractivity contribution >= 4 is 21.8 Å². The second kappa shape index (κ2) is 5.99. The van der Waals surface area contributed by atoms with Gasteiger partial charge in [-0.05, 0) is 42.3 Å². The number of pyridine rings is 1. The third-order valence-corrected chi connectivity index (χ3v) is 2.88. The molecule has 0 spiro atoms. The Morgan fingerprint density at radius 1 is 1.50 bits per heavy atom. The maximum Gasteiger partial charge on any atom is 0.255 e. The van der Waals surface area contributed by atoms with E-state index in [-0.39, 0.29) is 5.91 Å². The normalized spacial score (nSPS) is 10.2. The highest BCUT2D eigenvalue weighted by Gasteiger charge is 2.16. The SMILES string of the molecule is CCCN(CC)C(=O)c1cc(Br)cnc1C. The van der Waals surface area contributed by atoms with Gasteiger partial charge in [0, 0.05) is 23.8 Å². The van der Waals surface area contributed by atoms with Gasteiger partial charge in [-0.2, -0.15) is 0 Å². The van der Waals surface area contributed by atoms with Gasteiger partial charge >= 0.3 is 0 Å². The summed E-state index contributed by atoms with van der Waals surface area (Å²) in [5.41, 5.74) is 1.47. The molecule has 0 aliphatic rings. The molecule has 1 aromatic heterocycles. The first-order valence-electron chi connectivity index (χ1n) is 5.51. The Morgan fingerprint density at radius 3 is 2.75 bits per heavy atom. The molecule has 3 nitrogen and oxygen atoms in total. The van der Waals surface area contributed by atoms with Crippen LogP contribution in [0.3, 0.4) is 0 Å². The summed E-state index contributed by atoms with van der Waals surface area (Å²) in [6.07, 6.45) is 2.68. The summed E-state index contributed by atoms with van der Waals surface area (Å²) in [5, 5.41) is 0. The Bertz CT molecular complexity index is 379. The van der Waals surface area contributed by atoms with Crippen LogP contribution in [-0.4, -0.2) is 28.9 Å². The van der Waals surface area contributed by atoms with Crippen LogP contribution < -0.4 is 0 Å². The second-order valence-corrected chi connectivity index (χ2v) is 4.59. The molecule has 0 unspecified atom stereocenters. The van der Waals surface area contributed by atoms with Crippen LogP contribution in [0.1, 0.15) is 36.3 Å². The molecule has 0 bridgehead atoms. The number of carbonyl (C=O) groups excluding carboxylic acids is 1. The molecule has 0 aliphatic carbocycles. The van der Waals surface area contributed by atoms with Gasteiger partial charge in [0.2, 0.25) is 0 Å². The summed E-state index contributed by atoms with van der Waals surface area (Å²) >= 11 is 3.34. The number of hydrogen-bond acceptors (Lipinski definition) is 2. The zero-order chi connectivity index (χ0) is 12.1. The van der Waals surface area contributed by atoms with Gasteiger partial charge in [0.15, 0.2) is 0 Å². The smallest absolute Gasteiger partial charge is 0.255 e. The standard InChI is InChI=1S/C12H17BrN2O/c1-4-6-15(5-2)12(16)11-7-10(13)8-14-9(11)3/h7-8H,4-6H2,1-3H3. The highest BCUT2D eigenvalue weighted by atomic mass is 79.9. The predicted octanol–water partition coefficient (Wildman–Crippen LogP) is 3.02. The van der Waals surface area contributed by atoms with Crippen LogP contribution in [-0.2, 0) is 0 Å². The predicted molar refractivity (Wildman–Crippen MR) is 68.5 cm³/mol. The van der Waals surface area contributed by atoms with E-state index in [1.165, 1.54) is 0 Å². The van der Waals surface area contributed by atoms with Gasteiger partial charge in [-0.3, -0.25) is 9.78 Å². The Morgan fingerprint density at radius 2 is 2.19 bits per heavy atom. The highest BCUT2D eigenvalue weighted by molar-refractivity contribution is 9.10. The number of amides is 1. The molecule has 16 heavy (non-hydrogen) atoms. The average molecular weight is 285 g/mol. The van der Waals surface area contributed by atoms with Gasteiger partial charge in [0.1, 0.15) is 0 Å². The molecule has 1 heterocycles. The number of aryl methyl sites for hydroxylation is 1. The maximum absolute atomic E-state index is 12.2. The molecule has 1 rings (SSSR count). The van der Waals surface area contributed by atoms with E-state index < -0.39 is 0 Å². The van der Waals surface area contributed by atoms with Gasteiger partial charge in [0.05, 0.1) is 11.3 Å². The first kappa shape index (κ1) is 13.2. The van der Waals surface area contributed by atoms with Crippen molar-refractivity contribution in [2.45, 2.75) is 27.2 Å². The molecule has 0 N–H and O–H groups in total. The molecule has 0 radical (unpaired) electrons. The Balaban J connectivity index is 2.98. The van der Waals surface area contributed by atoms with Gasteiger partial charge in [-0.1, -0.05) is 6.92 Å². The Hall–Kier alpha value is -0.900. The molecule has 0 aliphatic heterocycles. The fourth-order valence-corrected chi connectivity index (χ4v) is 1.90. The molecule has 0 saturated carbocycles. The van der Waals surface area contributed by atoms with Crippen molar-refractivity contribution in [1.82, 2.24) is 9.88 Å². The van der Waals surface area contributed by atoms with E-state index in [0.29, 0.717) is 5.56 Å². The number of halogens is 1. The van der Waals surface area contributed by atoms with Gasteiger partial charge < -0.3 is 4.90 Å². The summed E-state index contributed by atoms with van der Waals surface area (Å²) < 4.78 is 0.842. The number of carbonyl (C=O) groups is 1. The fourth-order valence-electron chi connectivity index (χ4n) is 1.57.